The highest BCUT2D eigenvalue weighted by molar-refractivity contribution is 8.14. The van der Waals surface area contributed by atoms with Gasteiger partial charge >= 0.3 is 0 Å². The number of aromatic nitrogens is 2. The van der Waals surface area contributed by atoms with Crippen molar-refractivity contribution >= 4 is 27.7 Å². The van der Waals surface area contributed by atoms with Crippen LogP contribution in [0.15, 0.2) is 29.6 Å². The van der Waals surface area contributed by atoms with Gasteiger partial charge in [0.1, 0.15) is 5.04 Å². The number of fused-ring (bicyclic) bond motifs is 1. The van der Waals surface area contributed by atoms with E-state index in [1.807, 2.05) is 36.4 Å². The van der Waals surface area contributed by atoms with E-state index in [4.69, 9.17) is 0 Å². The first-order chi connectivity index (χ1) is 7.34. The molecule has 0 saturated carbocycles. The van der Waals surface area contributed by atoms with Crippen molar-refractivity contribution in [3.8, 4) is 0 Å². The Morgan fingerprint density at radius 3 is 3.27 bits per heavy atom. The predicted octanol–water partition coefficient (Wildman–Crippen LogP) is 2.44. The van der Waals surface area contributed by atoms with Crippen molar-refractivity contribution in [2.75, 3.05) is 5.75 Å². The minimum atomic E-state index is 0.441. The molecule has 1 N–H and O–H groups in total. The van der Waals surface area contributed by atoms with Crippen molar-refractivity contribution in [2.45, 2.75) is 13.0 Å². The summed E-state index contributed by atoms with van der Waals surface area (Å²) in [5, 5.41) is 2.37. The lowest BCUT2D eigenvalue weighted by molar-refractivity contribution is 0.865. The van der Waals surface area contributed by atoms with Crippen molar-refractivity contribution in [3.63, 3.8) is 0 Å². The first kappa shape index (κ1) is 8.97. The Bertz CT molecular complexity index is 529. The third kappa shape index (κ3) is 1.45. The van der Waals surface area contributed by atoms with Gasteiger partial charge in [-0.05, 0) is 13.0 Å². The minimum absolute atomic E-state index is 0.441. The molecule has 1 aliphatic rings. The fraction of sp³-hybridized carbons (Fsp3) is 0.273. The quantitative estimate of drug-likeness (QED) is 0.797. The van der Waals surface area contributed by atoms with Crippen LogP contribution in [0.3, 0.4) is 0 Å². The average Bonchev–Trinajstić information content (AvgIpc) is 2.83. The zero-order valence-corrected chi connectivity index (χ0v) is 9.21. The van der Waals surface area contributed by atoms with Crippen LogP contribution in [-0.2, 0) is 0 Å². The van der Waals surface area contributed by atoms with E-state index < -0.39 is 0 Å². The van der Waals surface area contributed by atoms with Crippen LogP contribution in [0, 0.1) is 0 Å². The number of hydrogen-bond donors (Lipinski definition) is 1. The summed E-state index contributed by atoms with van der Waals surface area (Å²) in [5.41, 5.74) is 2.29. The zero-order valence-electron chi connectivity index (χ0n) is 8.40. The Morgan fingerprint density at radius 2 is 2.47 bits per heavy atom. The van der Waals surface area contributed by atoms with Crippen LogP contribution in [0.4, 0.5) is 0 Å². The van der Waals surface area contributed by atoms with Gasteiger partial charge in [-0.2, -0.15) is 0 Å². The van der Waals surface area contributed by atoms with Gasteiger partial charge in [-0.25, -0.2) is 0 Å². The number of H-pyrrole nitrogens is 1. The molecule has 3 heterocycles. The summed E-state index contributed by atoms with van der Waals surface area (Å²) in [6.45, 7) is 2.15. The second-order valence-corrected chi connectivity index (χ2v) is 4.73. The van der Waals surface area contributed by atoms with Crippen molar-refractivity contribution in [2.24, 2.45) is 4.99 Å². The van der Waals surface area contributed by atoms with Crippen LogP contribution in [-0.4, -0.2) is 26.8 Å². The van der Waals surface area contributed by atoms with E-state index in [1.54, 1.807) is 0 Å². The molecule has 3 nitrogen and oxygen atoms in total. The molecule has 3 rings (SSSR count). The van der Waals surface area contributed by atoms with E-state index in [9.17, 15) is 0 Å². The second-order valence-electron chi connectivity index (χ2n) is 3.72. The van der Waals surface area contributed by atoms with E-state index in [2.05, 4.69) is 21.9 Å². The molecule has 2 aromatic heterocycles. The molecule has 0 amide bonds. The van der Waals surface area contributed by atoms with E-state index in [1.165, 1.54) is 10.9 Å². The van der Waals surface area contributed by atoms with Crippen LogP contribution in [0.2, 0.25) is 0 Å². The summed E-state index contributed by atoms with van der Waals surface area (Å²) in [7, 11) is 0. The molecule has 15 heavy (non-hydrogen) atoms. The van der Waals surface area contributed by atoms with E-state index in [-0.39, 0.29) is 0 Å². The van der Waals surface area contributed by atoms with Crippen molar-refractivity contribution in [1.29, 1.82) is 0 Å². The van der Waals surface area contributed by atoms with Gasteiger partial charge in [-0.3, -0.25) is 9.98 Å². The van der Waals surface area contributed by atoms with Gasteiger partial charge in [0.25, 0.3) is 0 Å². The average molecular weight is 217 g/mol. The van der Waals surface area contributed by atoms with Crippen LogP contribution in [0.25, 0.3) is 10.9 Å². The normalized spacial score (nSPS) is 20.9. The smallest absolute Gasteiger partial charge is 0.100 e. The van der Waals surface area contributed by atoms with Gasteiger partial charge in [-0.1, -0.05) is 0 Å². The van der Waals surface area contributed by atoms with Crippen LogP contribution in [0.1, 0.15) is 12.5 Å². The predicted molar refractivity (Wildman–Crippen MR) is 64.6 cm³/mol. The lowest BCUT2D eigenvalue weighted by Crippen LogP contribution is -1.93. The third-order valence-electron chi connectivity index (χ3n) is 2.51. The molecule has 0 aromatic carbocycles. The Labute approximate surface area is 92.0 Å². The van der Waals surface area contributed by atoms with Gasteiger partial charge in [-0.15, -0.1) is 11.8 Å². The fourth-order valence-electron chi connectivity index (χ4n) is 1.77. The van der Waals surface area contributed by atoms with Gasteiger partial charge in [0.15, 0.2) is 0 Å². The number of nitrogens with one attached hydrogen (secondary N) is 1. The summed E-state index contributed by atoms with van der Waals surface area (Å²) in [6.07, 6.45) is 5.70. The summed E-state index contributed by atoms with van der Waals surface area (Å²) in [4.78, 5) is 11.9. The summed E-state index contributed by atoms with van der Waals surface area (Å²) >= 11 is 1.83. The monoisotopic (exact) mass is 217 g/mol. The third-order valence-corrected chi connectivity index (χ3v) is 3.76. The summed E-state index contributed by atoms with van der Waals surface area (Å²) < 4.78 is 0. The number of aromatic amines is 1. The molecule has 0 fully saturated rings. The molecular formula is C11H11N3S. The Balaban J connectivity index is 2.15. The van der Waals surface area contributed by atoms with Gasteiger partial charge in [0.2, 0.25) is 0 Å². The maximum absolute atomic E-state index is 4.62. The molecule has 0 saturated heterocycles. The van der Waals surface area contributed by atoms with Gasteiger partial charge in [0, 0.05) is 29.1 Å². The van der Waals surface area contributed by atoms with Gasteiger partial charge in [0.05, 0.1) is 17.8 Å². The Morgan fingerprint density at radius 1 is 1.53 bits per heavy atom. The SMILES string of the molecule is CC1CSC(c2c[nH]c3cnccc23)=N1. The molecule has 1 aliphatic heterocycles. The Kier molecular flexibility index (Phi) is 2.02. The fourth-order valence-corrected chi connectivity index (χ4v) is 2.82. The lowest BCUT2D eigenvalue weighted by atomic mass is 10.2. The van der Waals surface area contributed by atoms with Crippen molar-refractivity contribution < 1.29 is 0 Å². The van der Waals surface area contributed by atoms with E-state index in [0.717, 1.165) is 16.3 Å². The standard InChI is InChI=1S/C11H11N3S/c1-7-6-15-11(14-7)9-4-13-10-5-12-3-2-8(9)10/h2-5,7,13H,6H2,1H3. The highest BCUT2D eigenvalue weighted by Gasteiger charge is 2.18. The summed E-state index contributed by atoms with van der Waals surface area (Å²) in [6, 6.07) is 2.48. The topological polar surface area (TPSA) is 41.0 Å². The van der Waals surface area contributed by atoms with E-state index >= 15 is 0 Å². The molecule has 2 aromatic rings. The lowest BCUT2D eigenvalue weighted by Gasteiger charge is -1.95. The number of thioether (sulfide) groups is 1. The van der Waals surface area contributed by atoms with Crippen molar-refractivity contribution in [3.05, 3.63) is 30.2 Å². The maximum atomic E-state index is 4.62. The highest BCUT2D eigenvalue weighted by Crippen LogP contribution is 2.27. The van der Waals surface area contributed by atoms with Crippen LogP contribution in [0.5, 0.6) is 0 Å². The largest absolute Gasteiger partial charge is 0.359 e. The number of aliphatic imine (C=N–C) groups is 1. The first-order valence-electron chi connectivity index (χ1n) is 4.96. The van der Waals surface area contributed by atoms with Crippen molar-refractivity contribution in [1.82, 2.24) is 9.97 Å². The second kappa shape index (κ2) is 3.38. The Hall–Kier alpha value is -1.29. The molecular weight excluding hydrogens is 206 g/mol. The van der Waals surface area contributed by atoms with Crippen LogP contribution < -0.4 is 0 Å². The molecule has 4 heteroatoms. The van der Waals surface area contributed by atoms with Crippen LogP contribution >= 0.6 is 11.8 Å². The number of nitrogens with zero attached hydrogens (tertiary/aromatic N) is 2. The molecule has 1 unspecified atom stereocenters. The maximum Gasteiger partial charge on any atom is 0.100 e. The minimum Gasteiger partial charge on any atom is -0.359 e. The van der Waals surface area contributed by atoms with Gasteiger partial charge < -0.3 is 4.98 Å². The van der Waals surface area contributed by atoms with E-state index in [0.29, 0.717) is 6.04 Å². The molecule has 1 atom stereocenters. The number of pyridine rings is 1. The molecule has 76 valence electrons. The highest BCUT2D eigenvalue weighted by atomic mass is 32.2. The first-order valence-corrected chi connectivity index (χ1v) is 5.95. The molecule has 0 radical (unpaired) electrons. The zero-order chi connectivity index (χ0) is 10.3. The molecule has 0 spiro atoms. The number of rotatable bonds is 1. The number of hydrogen-bond acceptors (Lipinski definition) is 3. The molecule has 0 aliphatic carbocycles. The molecule has 0 bridgehead atoms. The summed E-state index contributed by atoms with van der Waals surface area (Å²) in [5.74, 6) is 1.09.